The van der Waals surface area contributed by atoms with Gasteiger partial charge in [0.25, 0.3) is 0 Å². The van der Waals surface area contributed by atoms with E-state index in [1.807, 2.05) is 23.2 Å². The normalized spacial score (nSPS) is 14.3. The van der Waals surface area contributed by atoms with Crippen molar-refractivity contribution in [2.45, 2.75) is 45.7 Å². The van der Waals surface area contributed by atoms with Crippen LogP contribution in [0.1, 0.15) is 42.9 Å². The Morgan fingerprint density at radius 2 is 1.78 bits per heavy atom. The number of nitrogens with zero attached hydrogens (tertiary/aromatic N) is 2. The van der Waals surface area contributed by atoms with Gasteiger partial charge in [-0.1, -0.05) is 43.7 Å². The van der Waals surface area contributed by atoms with Crippen molar-refractivity contribution in [3.63, 3.8) is 0 Å². The molecule has 1 saturated carbocycles. The Morgan fingerprint density at radius 1 is 1.09 bits per heavy atom. The van der Waals surface area contributed by atoms with Crippen LogP contribution in [-0.4, -0.2) is 15.8 Å². The predicted octanol–water partition coefficient (Wildman–Crippen LogP) is 3.97. The number of amides is 1. The first kappa shape index (κ1) is 15.7. The van der Waals surface area contributed by atoms with E-state index in [0.717, 1.165) is 24.8 Å². The first-order chi connectivity index (χ1) is 11.3. The molecule has 1 fully saturated rings. The van der Waals surface area contributed by atoms with Gasteiger partial charge in [0, 0.05) is 31.4 Å². The van der Waals surface area contributed by atoms with E-state index < -0.39 is 0 Å². The molecule has 0 N–H and O–H groups in total. The van der Waals surface area contributed by atoms with Crippen LogP contribution < -0.4 is 0 Å². The number of pyridine rings is 1. The first-order valence-electron chi connectivity index (χ1n) is 8.51. The van der Waals surface area contributed by atoms with E-state index in [0.29, 0.717) is 19.0 Å². The SMILES string of the molecule is CCc1ccc(CN(Cc2cccnc2)C(=O)C2CCC2)cc1. The van der Waals surface area contributed by atoms with Crippen molar-refractivity contribution < 1.29 is 4.79 Å². The summed E-state index contributed by atoms with van der Waals surface area (Å²) in [4.78, 5) is 18.9. The molecule has 0 radical (unpaired) electrons. The molecule has 0 unspecified atom stereocenters. The lowest BCUT2D eigenvalue weighted by atomic mass is 9.84. The van der Waals surface area contributed by atoms with E-state index in [1.165, 1.54) is 17.5 Å². The largest absolute Gasteiger partial charge is 0.334 e. The summed E-state index contributed by atoms with van der Waals surface area (Å²) in [7, 11) is 0. The van der Waals surface area contributed by atoms with Crippen LogP contribution in [0, 0.1) is 5.92 Å². The molecule has 1 aromatic heterocycles. The van der Waals surface area contributed by atoms with E-state index in [2.05, 4.69) is 36.2 Å². The van der Waals surface area contributed by atoms with E-state index in [4.69, 9.17) is 0 Å². The van der Waals surface area contributed by atoms with Crippen LogP contribution >= 0.6 is 0 Å². The van der Waals surface area contributed by atoms with Crippen molar-refractivity contribution in [3.05, 3.63) is 65.5 Å². The van der Waals surface area contributed by atoms with Crippen molar-refractivity contribution in [1.82, 2.24) is 9.88 Å². The molecule has 3 heteroatoms. The second kappa shape index (κ2) is 7.40. The van der Waals surface area contributed by atoms with Crippen LogP contribution in [0.15, 0.2) is 48.8 Å². The summed E-state index contributed by atoms with van der Waals surface area (Å²) in [5.41, 5.74) is 3.61. The monoisotopic (exact) mass is 308 g/mol. The molecule has 2 aromatic rings. The van der Waals surface area contributed by atoms with E-state index in [-0.39, 0.29) is 5.92 Å². The molecule has 0 atom stereocenters. The molecule has 3 rings (SSSR count). The second-order valence-corrected chi connectivity index (χ2v) is 6.35. The smallest absolute Gasteiger partial charge is 0.226 e. The van der Waals surface area contributed by atoms with Crippen molar-refractivity contribution in [3.8, 4) is 0 Å². The first-order valence-corrected chi connectivity index (χ1v) is 8.51. The molecule has 0 saturated heterocycles. The number of carbonyl (C=O) groups is 1. The number of benzene rings is 1. The van der Waals surface area contributed by atoms with Crippen LogP contribution in [0.5, 0.6) is 0 Å². The van der Waals surface area contributed by atoms with Gasteiger partial charge in [-0.2, -0.15) is 0 Å². The Bertz CT molecular complexity index is 632. The molecule has 1 aliphatic carbocycles. The van der Waals surface area contributed by atoms with Gasteiger partial charge in [-0.25, -0.2) is 0 Å². The van der Waals surface area contributed by atoms with Gasteiger partial charge in [-0.15, -0.1) is 0 Å². The van der Waals surface area contributed by atoms with Crippen molar-refractivity contribution in [1.29, 1.82) is 0 Å². The summed E-state index contributed by atoms with van der Waals surface area (Å²) >= 11 is 0. The van der Waals surface area contributed by atoms with Gasteiger partial charge in [-0.05, 0) is 42.0 Å². The lowest BCUT2D eigenvalue weighted by Crippen LogP contribution is -2.38. The number of aryl methyl sites for hydroxylation is 1. The number of rotatable bonds is 6. The second-order valence-electron chi connectivity index (χ2n) is 6.35. The van der Waals surface area contributed by atoms with E-state index in [9.17, 15) is 4.79 Å². The van der Waals surface area contributed by atoms with Crippen molar-refractivity contribution in [2.75, 3.05) is 0 Å². The van der Waals surface area contributed by atoms with E-state index >= 15 is 0 Å². The molecular weight excluding hydrogens is 284 g/mol. The summed E-state index contributed by atoms with van der Waals surface area (Å²) in [6.07, 6.45) is 7.92. The number of carbonyl (C=O) groups excluding carboxylic acids is 1. The summed E-state index contributed by atoms with van der Waals surface area (Å²) in [6.45, 7) is 3.47. The van der Waals surface area contributed by atoms with Crippen molar-refractivity contribution >= 4 is 5.91 Å². The van der Waals surface area contributed by atoms with Crippen LogP contribution in [-0.2, 0) is 24.3 Å². The zero-order chi connectivity index (χ0) is 16.1. The minimum Gasteiger partial charge on any atom is -0.334 e. The number of aromatic nitrogens is 1. The highest BCUT2D eigenvalue weighted by Gasteiger charge is 2.29. The quantitative estimate of drug-likeness (QED) is 0.809. The highest BCUT2D eigenvalue weighted by atomic mass is 16.2. The zero-order valence-electron chi connectivity index (χ0n) is 13.7. The average Bonchev–Trinajstić information content (AvgIpc) is 2.54. The van der Waals surface area contributed by atoms with Gasteiger partial charge in [0.15, 0.2) is 0 Å². The van der Waals surface area contributed by atoms with Crippen LogP contribution in [0.2, 0.25) is 0 Å². The van der Waals surface area contributed by atoms with Gasteiger partial charge in [-0.3, -0.25) is 9.78 Å². The number of hydrogen-bond acceptors (Lipinski definition) is 2. The molecule has 1 heterocycles. The Balaban J connectivity index is 1.74. The fraction of sp³-hybridized carbons (Fsp3) is 0.400. The minimum atomic E-state index is 0.224. The van der Waals surface area contributed by atoms with E-state index in [1.54, 1.807) is 6.20 Å². The molecule has 1 aliphatic rings. The maximum absolute atomic E-state index is 12.8. The predicted molar refractivity (Wildman–Crippen MR) is 91.7 cm³/mol. The third-order valence-electron chi connectivity index (χ3n) is 4.67. The summed E-state index contributed by atoms with van der Waals surface area (Å²) in [6, 6.07) is 12.6. The Hall–Kier alpha value is -2.16. The lowest BCUT2D eigenvalue weighted by molar-refractivity contribution is -0.139. The maximum Gasteiger partial charge on any atom is 0.226 e. The minimum absolute atomic E-state index is 0.224. The van der Waals surface area contributed by atoms with Gasteiger partial charge >= 0.3 is 0 Å². The fourth-order valence-corrected chi connectivity index (χ4v) is 2.94. The molecule has 23 heavy (non-hydrogen) atoms. The third-order valence-corrected chi connectivity index (χ3v) is 4.67. The van der Waals surface area contributed by atoms with Crippen LogP contribution in [0.4, 0.5) is 0 Å². The maximum atomic E-state index is 12.8. The zero-order valence-corrected chi connectivity index (χ0v) is 13.7. The fourth-order valence-electron chi connectivity index (χ4n) is 2.94. The van der Waals surface area contributed by atoms with Crippen LogP contribution in [0.25, 0.3) is 0 Å². The van der Waals surface area contributed by atoms with Gasteiger partial charge < -0.3 is 4.90 Å². The molecule has 1 aromatic carbocycles. The lowest BCUT2D eigenvalue weighted by Gasteiger charge is -2.32. The Kier molecular flexibility index (Phi) is 5.06. The molecule has 0 spiro atoms. The molecule has 0 aliphatic heterocycles. The molecule has 0 bridgehead atoms. The van der Waals surface area contributed by atoms with Gasteiger partial charge in [0.05, 0.1) is 0 Å². The molecular formula is C20H24N2O. The standard InChI is InChI=1S/C20H24N2O/c1-2-16-8-10-17(11-9-16)14-22(20(23)19-6-3-7-19)15-18-5-4-12-21-13-18/h4-5,8-13,19H,2-3,6-7,14-15H2,1H3. The third kappa shape index (κ3) is 3.98. The topological polar surface area (TPSA) is 33.2 Å². The number of hydrogen-bond donors (Lipinski definition) is 0. The van der Waals surface area contributed by atoms with Gasteiger partial charge in [0.1, 0.15) is 0 Å². The summed E-state index contributed by atoms with van der Waals surface area (Å²) in [5, 5.41) is 0. The molecule has 3 nitrogen and oxygen atoms in total. The highest BCUT2D eigenvalue weighted by molar-refractivity contribution is 5.79. The van der Waals surface area contributed by atoms with Crippen LogP contribution in [0.3, 0.4) is 0 Å². The molecule has 1 amide bonds. The van der Waals surface area contributed by atoms with Gasteiger partial charge in [0.2, 0.25) is 5.91 Å². The summed E-state index contributed by atoms with van der Waals surface area (Å²) in [5.74, 6) is 0.515. The van der Waals surface area contributed by atoms with Crippen molar-refractivity contribution in [2.24, 2.45) is 5.92 Å². The highest BCUT2D eigenvalue weighted by Crippen LogP contribution is 2.29. The summed E-state index contributed by atoms with van der Waals surface area (Å²) < 4.78 is 0. The average molecular weight is 308 g/mol. The Morgan fingerprint density at radius 3 is 2.35 bits per heavy atom. The molecule has 120 valence electrons. The Labute approximate surface area is 138 Å².